The Morgan fingerprint density at radius 2 is 2.28 bits per heavy atom. The summed E-state index contributed by atoms with van der Waals surface area (Å²) in [7, 11) is 0. The summed E-state index contributed by atoms with van der Waals surface area (Å²) in [5.74, 6) is 0.467. The van der Waals surface area contributed by atoms with Gasteiger partial charge in [0.05, 0.1) is 5.02 Å². The van der Waals surface area contributed by atoms with Crippen molar-refractivity contribution in [2.45, 2.75) is 19.8 Å². The summed E-state index contributed by atoms with van der Waals surface area (Å²) in [6.45, 7) is 2.85. The monoisotopic (exact) mass is 443 g/mol. The molecule has 1 aromatic carbocycles. The predicted octanol–water partition coefficient (Wildman–Crippen LogP) is 4.49. The molecular formula is C13H16BrClINO. The van der Waals surface area contributed by atoms with Gasteiger partial charge in [0.1, 0.15) is 0 Å². The summed E-state index contributed by atoms with van der Waals surface area (Å²) in [5, 5.41) is 4.55. The topological polar surface area (TPSA) is 29.1 Å². The molecule has 0 radical (unpaired) electrons. The van der Waals surface area contributed by atoms with E-state index in [-0.39, 0.29) is 5.91 Å². The predicted molar refractivity (Wildman–Crippen MR) is 88.7 cm³/mol. The van der Waals surface area contributed by atoms with Crippen LogP contribution in [0.3, 0.4) is 0 Å². The van der Waals surface area contributed by atoms with Gasteiger partial charge in [0, 0.05) is 21.0 Å². The summed E-state index contributed by atoms with van der Waals surface area (Å²) in [6.07, 6.45) is 2.14. The lowest BCUT2D eigenvalue weighted by atomic mass is 10.0. The molecule has 0 saturated heterocycles. The van der Waals surface area contributed by atoms with Crippen molar-refractivity contribution in [1.82, 2.24) is 5.32 Å². The van der Waals surface area contributed by atoms with Gasteiger partial charge in [0.15, 0.2) is 0 Å². The molecule has 0 aliphatic rings. The molecule has 0 aromatic heterocycles. The Morgan fingerprint density at radius 1 is 1.56 bits per heavy atom. The Bertz CT molecular complexity index is 414. The van der Waals surface area contributed by atoms with Crippen LogP contribution in [-0.2, 0) is 0 Å². The molecule has 2 nitrogen and oxygen atoms in total. The van der Waals surface area contributed by atoms with E-state index < -0.39 is 0 Å². The van der Waals surface area contributed by atoms with Gasteiger partial charge in [-0.05, 0) is 53.1 Å². The molecule has 1 atom stereocenters. The van der Waals surface area contributed by atoms with Crippen molar-refractivity contribution >= 4 is 56.0 Å². The number of nitrogens with one attached hydrogen (secondary N) is 1. The number of alkyl halides is 1. The average Bonchev–Trinajstić information content (AvgIpc) is 2.37. The van der Waals surface area contributed by atoms with Crippen LogP contribution >= 0.6 is 50.1 Å². The first-order valence-electron chi connectivity index (χ1n) is 5.87. The second-order valence-corrected chi connectivity index (χ2v) is 6.45. The van der Waals surface area contributed by atoms with Crippen LogP contribution in [0.15, 0.2) is 18.2 Å². The minimum absolute atomic E-state index is 0.0543. The molecule has 18 heavy (non-hydrogen) atoms. The molecule has 1 amide bonds. The highest BCUT2D eigenvalue weighted by atomic mass is 127. The van der Waals surface area contributed by atoms with Gasteiger partial charge >= 0.3 is 0 Å². The van der Waals surface area contributed by atoms with Gasteiger partial charge in [0.2, 0.25) is 0 Å². The highest BCUT2D eigenvalue weighted by Gasteiger charge is 2.10. The van der Waals surface area contributed by atoms with Crippen molar-refractivity contribution in [2.75, 3.05) is 11.9 Å². The van der Waals surface area contributed by atoms with Gasteiger partial charge in [-0.3, -0.25) is 4.79 Å². The standard InChI is InChI=1S/C13H16BrClINO/c1-2-9(5-6-14)8-17-13(18)10-3-4-12(16)11(15)7-10/h3-4,7,9H,2,5-6,8H2,1H3,(H,17,18). The van der Waals surface area contributed by atoms with E-state index >= 15 is 0 Å². The van der Waals surface area contributed by atoms with Gasteiger partial charge in [-0.1, -0.05) is 40.9 Å². The van der Waals surface area contributed by atoms with Crippen molar-refractivity contribution < 1.29 is 4.79 Å². The SMILES string of the molecule is CCC(CCBr)CNC(=O)c1ccc(I)c(Cl)c1. The smallest absolute Gasteiger partial charge is 0.251 e. The number of benzene rings is 1. The summed E-state index contributed by atoms with van der Waals surface area (Å²) >= 11 is 11.6. The molecule has 1 aromatic rings. The Balaban J connectivity index is 2.57. The van der Waals surface area contributed by atoms with E-state index in [9.17, 15) is 4.79 Å². The molecule has 0 aliphatic carbocycles. The number of rotatable bonds is 6. The molecule has 0 fully saturated rings. The molecule has 0 bridgehead atoms. The molecule has 100 valence electrons. The molecular weight excluding hydrogens is 428 g/mol. The third-order valence-corrected chi connectivity index (χ3v) is 4.86. The Kier molecular flexibility index (Phi) is 7.56. The maximum Gasteiger partial charge on any atom is 0.251 e. The minimum atomic E-state index is -0.0543. The second-order valence-electron chi connectivity index (χ2n) is 4.09. The average molecular weight is 445 g/mol. The molecule has 1 unspecified atom stereocenters. The number of halogens is 3. The molecule has 1 N–H and O–H groups in total. The van der Waals surface area contributed by atoms with Crippen LogP contribution < -0.4 is 5.32 Å². The zero-order valence-electron chi connectivity index (χ0n) is 10.2. The van der Waals surface area contributed by atoms with E-state index in [0.717, 1.165) is 21.7 Å². The van der Waals surface area contributed by atoms with Crippen molar-refractivity contribution in [2.24, 2.45) is 5.92 Å². The van der Waals surface area contributed by atoms with Gasteiger partial charge in [-0.25, -0.2) is 0 Å². The van der Waals surface area contributed by atoms with Crippen LogP contribution in [0.2, 0.25) is 5.02 Å². The maximum absolute atomic E-state index is 11.9. The van der Waals surface area contributed by atoms with E-state index in [1.807, 2.05) is 6.07 Å². The van der Waals surface area contributed by atoms with Crippen molar-refractivity contribution in [3.05, 3.63) is 32.4 Å². The molecule has 0 aliphatic heterocycles. The van der Waals surface area contributed by atoms with Crippen molar-refractivity contribution in [3.8, 4) is 0 Å². The lowest BCUT2D eigenvalue weighted by molar-refractivity contribution is 0.0946. The first-order valence-corrected chi connectivity index (χ1v) is 8.45. The van der Waals surface area contributed by atoms with Gasteiger partial charge < -0.3 is 5.32 Å². The summed E-state index contributed by atoms with van der Waals surface area (Å²) in [5.41, 5.74) is 0.620. The zero-order chi connectivity index (χ0) is 13.5. The van der Waals surface area contributed by atoms with Crippen LogP contribution in [-0.4, -0.2) is 17.8 Å². The zero-order valence-corrected chi connectivity index (χ0v) is 14.7. The first kappa shape index (κ1) is 16.2. The summed E-state index contributed by atoms with van der Waals surface area (Å²) in [4.78, 5) is 11.9. The highest BCUT2D eigenvalue weighted by Crippen LogP contribution is 2.19. The fraction of sp³-hybridized carbons (Fsp3) is 0.462. The Hall–Kier alpha value is 0.190. The van der Waals surface area contributed by atoms with E-state index in [1.54, 1.807) is 12.1 Å². The van der Waals surface area contributed by atoms with Gasteiger partial charge in [0.25, 0.3) is 5.91 Å². The summed E-state index contributed by atoms with van der Waals surface area (Å²) in [6, 6.07) is 5.37. The number of hydrogen-bond acceptors (Lipinski definition) is 1. The maximum atomic E-state index is 11.9. The molecule has 5 heteroatoms. The first-order chi connectivity index (χ1) is 8.58. The quantitative estimate of drug-likeness (QED) is 0.509. The van der Waals surface area contributed by atoms with Crippen LogP contribution in [0.1, 0.15) is 30.1 Å². The normalized spacial score (nSPS) is 12.2. The highest BCUT2D eigenvalue weighted by molar-refractivity contribution is 14.1. The fourth-order valence-electron chi connectivity index (χ4n) is 1.58. The number of carbonyl (C=O) groups excluding carboxylic acids is 1. The van der Waals surface area contributed by atoms with Crippen molar-refractivity contribution in [1.29, 1.82) is 0 Å². The van der Waals surface area contributed by atoms with Gasteiger partial charge in [-0.2, -0.15) is 0 Å². The van der Waals surface area contributed by atoms with Crippen LogP contribution in [0.25, 0.3) is 0 Å². The van der Waals surface area contributed by atoms with E-state index in [4.69, 9.17) is 11.6 Å². The Morgan fingerprint density at radius 3 is 2.83 bits per heavy atom. The van der Waals surface area contributed by atoms with E-state index in [1.165, 1.54) is 0 Å². The van der Waals surface area contributed by atoms with Crippen LogP contribution in [0.4, 0.5) is 0 Å². The van der Waals surface area contributed by atoms with Crippen LogP contribution in [0.5, 0.6) is 0 Å². The largest absolute Gasteiger partial charge is 0.352 e. The second kappa shape index (κ2) is 8.38. The van der Waals surface area contributed by atoms with E-state index in [2.05, 4.69) is 50.8 Å². The van der Waals surface area contributed by atoms with E-state index in [0.29, 0.717) is 23.0 Å². The molecule has 0 saturated carbocycles. The van der Waals surface area contributed by atoms with Gasteiger partial charge in [-0.15, -0.1) is 0 Å². The number of hydrogen-bond donors (Lipinski definition) is 1. The molecule has 0 heterocycles. The third kappa shape index (κ3) is 5.05. The Labute approximate surface area is 135 Å². The lowest BCUT2D eigenvalue weighted by Crippen LogP contribution is -2.29. The molecule has 1 rings (SSSR count). The fourth-order valence-corrected chi connectivity index (χ4v) is 2.74. The summed E-state index contributed by atoms with van der Waals surface area (Å²) < 4.78 is 0.955. The van der Waals surface area contributed by atoms with Crippen molar-refractivity contribution in [3.63, 3.8) is 0 Å². The van der Waals surface area contributed by atoms with Crippen LogP contribution in [0, 0.1) is 9.49 Å². The number of amides is 1. The lowest BCUT2D eigenvalue weighted by Gasteiger charge is -2.14. The minimum Gasteiger partial charge on any atom is -0.352 e. The third-order valence-electron chi connectivity index (χ3n) is 2.83. The molecule has 0 spiro atoms. The number of carbonyl (C=O) groups is 1.